The molecule has 0 nitrogen and oxygen atoms in total. The molecule has 0 atom stereocenters. The van der Waals surface area contributed by atoms with Gasteiger partial charge < -0.3 is 0 Å². The molecule has 0 spiro atoms. The van der Waals surface area contributed by atoms with Gasteiger partial charge in [0.25, 0.3) is 0 Å². The van der Waals surface area contributed by atoms with E-state index in [9.17, 15) is 0 Å². The Labute approximate surface area is 81.2 Å². The van der Waals surface area contributed by atoms with Crippen molar-refractivity contribution in [3.8, 4) is 24.7 Å². The molecule has 1 heterocycles. The summed E-state index contributed by atoms with van der Waals surface area (Å²) < 4.78 is 1.11. The third-order valence-corrected chi connectivity index (χ3v) is 2.88. The van der Waals surface area contributed by atoms with Crippen LogP contribution in [0.1, 0.15) is 11.1 Å². The first-order valence-electron chi connectivity index (χ1n) is 3.80. The first-order valence-corrected chi connectivity index (χ1v) is 4.68. The Kier molecular flexibility index (Phi) is 1.81. The molecule has 0 amide bonds. The van der Waals surface area contributed by atoms with Crippen LogP contribution in [0.2, 0.25) is 0 Å². The molecule has 0 saturated carbocycles. The minimum Gasteiger partial charge on any atom is -0.142 e. The van der Waals surface area contributed by atoms with Gasteiger partial charge in [-0.3, -0.25) is 0 Å². The number of hydrogen-bond acceptors (Lipinski definition) is 1. The normalized spacial score (nSPS) is 9.38. The zero-order valence-electron chi connectivity index (χ0n) is 6.87. The van der Waals surface area contributed by atoms with Crippen LogP contribution >= 0.6 is 11.3 Å². The van der Waals surface area contributed by atoms with Crippen LogP contribution in [0.5, 0.6) is 0 Å². The fraction of sp³-hybridized carbons (Fsp3) is 0. The van der Waals surface area contributed by atoms with E-state index in [1.165, 1.54) is 0 Å². The Bertz CT molecular complexity index is 484. The number of benzene rings is 1. The van der Waals surface area contributed by atoms with Crippen LogP contribution in [-0.4, -0.2) is 0 Å². The van der Waals surface area contributed by atoms with Crippen LogP contribution < -0.4 is 0 Å². The second kappa shape index (κ2) is 2.98. The van der Waals surface area contributed by atoms with Crippen molar-refractivity contribution in [1.82, 2.24) is 0 Å². The van der Waals surface area contributed by atoms with E-state index in [0.717, 1.165) is 21.2 Å². The molecule has 0 radical (unpaired) electrons. The molecule has 13 heavy (non-hydrogen) atoms. The van der Waals surface area contributed by atoms with Gasteiger partial charge in [0.05, 0.1) is 4.70 Å². The maximum atomic E-state index is 5.37. The predicted octanol–water partition coefficient (Wildman–Crippen LogP) is 2.86. The highest BCUT2D eigenvalue weighted by Gasteiger charge is 2.03. The van der Waals surface area contributed by atoms with Crippen LogP contribution in [0.3, 0.4) is 0 Å². The summed E-state index contributed by atoms with van der Waals surface area (Å²) >= 11 is 1.63. The van der Waals surface area contributed by atoms with E-state index in [4.69, 9.17) is 12.8 Å². The number of rotatable bonds is 0. The standard InChI is InChI=1S/C12H6S/c1-3-9-5-6-10(4-2)12-11(9)7-8-13-12/h1-2,5-8H. The Hall–Kier alpha value is -1.70. The van der Waals surface area contributed by atoms with Crippen molar-refractivity contribution < 1.29 is 0 Å². The van der Waals surface area contributed by atoms with Crippen molar-refractivity contribution >= 4 is 21.4 Å². The highest BCUT2D eigenvalue weighted by Crippen LogP contribution is 2.27. The van der Waals surface area contributed by atoms with E-state index in [-0.39, 0.29) is 0 Å². The Balaban J connectivity index is 2.93. The summed E-state index contributed by atoms with van der Waals surface area (Å²) in [5.74, 6) is 5.29. The number of fused-ring (bicyclic) bond motifs is 1. The molecule has 1 aromatic heterocycles. The van der Waals surface area contributed by atoms with Gasteiger partial charge in [0, 0.05) is 16.5 Å². The first-order chi connectivity index (χ1) is 6.36. The average molecular weight is 182 g/mol. The summed E-state index contributed by atoms with van der Waals surface area (Å²) in [5.41, 5.74) is 1.83. The van der Waals surface area contributed by atoms with Gasteiger partial charge in [-0.2, -0.15) is 0 Å². The van der Waals surface area contributed by atoms with Crippen LogP contribution in [-0.2, 0) is 0 Å². The van der Waals surface area contributed by atoms with Gasteiger partial charge in [-0.1, -0.05) is 11.8 Å². The number of thiophene rings is 1. The van der Waals surface area contributed by atoms with Gasteiger partial charge in [-0.25, -0.2) is 0 Å². The summed E-state index contributed by atoms with van der Waals surface area (Å²) in [6, 6.07) is 5.80. The topological polar surface area (TPSA) is 0 Å². The van der Waals surface area contributed by atoms with Gasteiger partial charge in [0.15, 0.2) is 0 Å². The van der Waals surface area contributed by atoms with Gasteiger partial charge in [0.2, 0.25) is 0 Å². The van der Waals surface area contributed by atoms with Crippen molar-refractivity contribution in [3.63, 3.8) is 0 Å². The summed E-state index contributed by atoms with van der Waals surface area (Å²) in [5, 5.41) is 3.09. The van der Waals surface area contributed by atoms with Crippen molar-refractivity contribution in [1.29, 1.82) is 0 Å². The monoisotopic (exact) mass is 182 g/mol. The van der Waals surface area contributed by atoms with Gasteiger partial charge in [0.1, 0.15) is 0 Å². The van der Waals surface area contributed by atoms with Crippen molar-refractivity contribution in [2.45, 2.75) is 0 Å². The molecule has 0 unspecified atom stereocenters. The lowest BCUT2D eigenvalue weighted by Gasteiger charge is -1.96. The summed E-state index contributed by atoms with van der Waals surface area (Å²) in [4.78, 5) is 0. The summed E-state index contributed by atoms with van der Waals surface area (Å²) in [7, 11) is 0. The van der Waals surface area contributed by atoms with E-state index in [0.29, 0.717) is 0 Å². The summed E-state index contributed by atoms with van der Waals surface area (Å²) in [6.45, 7) is 0. The molecular formula is C12H6S. The first kappa shape index (κ1) is 7.92. The molecule has 0 bridgehead atoms. The molecule has 0 aliphatic heterocycles. The third-order valence-electron chi connectivity index (χ3n) is 1.93. The second-order valence-electron chi connectivity index (χ2n) is 2.61. The SMILES string of the molecule is C#Cc1ccc(C#C)c2sccc12. The van der Waals surface area contributed by atoms with Gasteiger partial charge >= 0.3 is 0 Å². The van der Waals surface area contributed by atoms with E-state index in [1.54, 1.807) is 11.3 Å². The quantitative estimate of drug-likeness (QED) is 0.549. The summed E-state index contributed by atoms with van der Waals surface area (Å²) in [6.07, 6.45) is 10.7. The fourth-order valence-corrected chi connectivity index (χ4v) is 2.20. The van der Waals surface area contributed by atoms with Gasteiger partial charge in [-0.15, -0.1) is 24.2 Å². The lowest BCUT2D eigenvalue weighted by molar-refractivity contribution is 1.73. The third kappa shape index (κ3) is 1.11. The smallest absolute Gasteiger partial charge is 0.0511 e. The predicted molar refractivity (Wildman–Crippen MR) is 57.7 cm³/mol. The van der Waals surface area contributed by atoms with E-state index < -0.39 is 0 Å². The van der Waals surface area contributed by atoms with Crippen LogP contribution in [0.25, 0.3) is 10.1 Å². The largest absolute Gasteiger partial charge is 0.142 e. The lowest BCUT2D eigenvalue weighted by Crippen LogP contribution is -1.78. The maximum absolute atomic E-state index is 5.37. The number of terminal acetylenes is 2. The maximum Gasteiger partial charge on any atom is 0.0511 e. The lowest BCUT2D eigenvalue weighted by atomic mass is 10.1. The van der Waals surface area contributed by atoms with Crippen molar-refractivity contribution in [3.05, 3.63) is 34.7 Å². The molecule has 1 heteroatoms. The van der Waals surface area contributed by atoms with Gasteiger partial charge in [-0.05, 0) is 23.6 Å². The van der Waals surface area contributed by atoms with Crippen molar-refractivity contribution in [2.24, 2.45) is 0 Å². The molecule has 2 rings (SSSR count). The van der Waals surface area contributed by atoms with E-state index in [2.05, 4.69) is 11.8 Å². The number of hydrogen-bond donors (Lipinski definition) is 0. The molecule has 2 aromatic rings. The van der Waals surface area contributed by atoms with Crippen LogP contribution in [0, 0.1) is 24.7 Å². The Morgan fingerprint density at radius 1 is 1.00 bits per heavy atom. The minimum absolute atomic E-state index is 0.912. The average Bonchev–Trinajstić information content (AvgIpc) is 2.64. The highest BCUT2D eigenvalue weighted by molar-refractivity contribution is 7.17. The molecule has 0 aliphatic carbocycles. The Morgan fingerprint density at radius 3 is 2.38 bits per heavy atom. The minimum atomic E-state index is 0.912. The molecule has 60 valence electrons. The zero-order chi connectivity index (χ0) is 9.26. The molecule has 0 fully saturated rings. The molecular weight excluding hydrogens is 176 g/mol. The van der Waals surface area contributed by atoms with E-state index in [1.807, 2.05) is 23.6 Å². The van der Waals surface area contributed by atoms with Crippen LogP contribution in [0.4, 0.5) is 0 Å². The fourth-order valence-electron chi connectivity index (χ4n) is 1.30. The molecule has 0 N–H and O–H groups in total. The molecule has 0 saturated heterocycles. The van der Waals surface area contributed by atoms with Crippen LogP contribution in [0.15, 0.2) is 23.6 Å². The van der Waals surface area contributed by atoms with Crippen molar-refractivity contribution in [2.75, 3.05) is 0 Å². The van der Waals surface area contributed by atoms with E-state index >= 15 is 0 Å². The molecule has 1 aromatic carbocycles. The highest BCUT2D eigenvalue weighted by atomic mass is 32.1. The zero-order valence-corrected chi connectivity index (χ0v) is 7.69. The molecule has 0 aliphatic rings. The Morgan fingerprint density at radius 2 is 1.69 bits per heavy atom. The second-order valence-corrected chi connectivity index (χ2v) is 3.53.